The zero-order valence-electron chi connectivity index (χ0n) is 16.0. The van der Waals surface area contributed by atoms with Gasteiger partial charge in [-0.05, 0) is 37.1 Å². The van der Waals surface area contributed by atoms with Gasteiger partial charge in [-0.25, -0.2) is 9.07 Å². The van der Waals surface area contributed by atoms with E-state index in [1.54, 1.807) is 33.5 Å². The Morgan fingerprint density at radius 1 is 1.00 bits per heavy atom. The predicted molar refractivity (Wildman–Crippen MR) is 100 cm³/mol. The molecule has 0 unspecified atom stereocenters. The van der Waals surface area contributed by atoms with Crippen LogP contribution < -0.4 is 0 Å². The van der Waals surface area contributed by atoms with Crippen LogP contribution in [0.4, 0.5) is 4.39 Å². The molecule has 0 radical (unpaired) electrons. The van der Waals surface area contributed by atoms with Gasteiger partial charge >= 0.3 is 0 Å². The molecule has 1 aromatic carbocycles. The predicted octanol–water partition coefficient (Wildman–Crippen LogP) is 2.44. The minimum Gasteiger partial charge on any atom is -0.339 e. The van der Waals surface area contributed by atoms with Crippen molar-refractivity contribution in [3.63, 3.8) is 0 Å². The maximum atomic E-state index is 13.3. The number of aryl methyl sites for hydroxylation is 1. The molecule has 2 aromatic rings. The molecule has 1 saturated heterocycles. The molecule has 1 fully saturated rings. The number of aromatic nitrogens is 2. The van der Waals surface area contributed by atoms with Gasteiger partial charge in [0.2, 0.25) is 5.91 Å². The molecule has 6 nitrogen and oxygen atoms in total. The fourth-order valence-corrected chi connectivity index (χ4v) is 3.50. The topological polar surface area (TPSA) is 58.4 Å². The standard InChI is InChI=1S/C20H25FN4O2/c1-4-17-19(20(27)24-12-10-23(11-13-24)14(3)26)18(5-2)25(22-17)16-8-6-15(21)7-9-16/h6-9H,4-5,10-13H2,1-3H3. The highest BCUT2D eigenvalue weighted by Gasteiger charge is 2.29. The van der Waals surface area contributed by atoms with Gasteiger partial charge in [0.25, 0.3) is 5.91 Å². The highest BCUT2D eigenvalue weighted by molar-refractivity contribution is 5.97. The highest BCUT2D eigenvalue weighted by atomic mass is 19.1. The minimum absolute atomic E-state index is 0.0368. The maximum Gasteiger partial charge on any atom is 0.257 e. The smallest absolute Gasteiger partial charge is 0.257 e. The van der Waals surface area contributed by atoms with Gasteiger partial charge in [-0.2, -0.15) is 5.10 Å². The second-order valence-corrected chi connectivity index (χ2v) is 6.66. The van der Waals surface area contributed by atoms with Crippen LogP contribution in [0.2, 0.25) is 0 Å². The van der Waals surface area contributed by atoms with Crippen LogP contribution in [0.25, 0.3) is 5.69 Å². The number of carbonyl (C=O) groups excluding carboxylic acids is 2. The fourth-order valence-electron chi connectivity index (χ4n) is 3.50. The number of piperazine rings is 1. The Hall–Kier alpha value is -2.70. The van der Waals surface area contributed by atoms with Crippen molar-refractivity contribution in [2.24, 2.45) is 0 Å². The first-order chi connectivity index (χ1) is 13.0. The molecule has 0 aliphatic carbocycles. The molecule has 0 atom stereocenters. The third-order valence-corrected chi connectivity index (χ3v) is 5.02. The van der Waals surface area contributed by atoms with Crippen molar-refractivity contribution in [3.05, 3.63) is 47.0 Å². The van der Waals surface area contributed by atoms with Crippen molar-refractivity contribution in [2.75, 3.05) is 26.2 Å². The summed E-state index contributed by atoms with van der Waals surface area (Å²) in [7, 11) is 0. The van der Waals surface area contributed by atoms with Crippen LogP contribution in [0.3, 0.4) is 0 Å². The van der Waals surface area contributed by atoms with Gasteiger partial charge in [-0.1, -0.05) is 13.8 Å². The van der Waals surface area contributed by atoms with Crippen LogP contribution in [0, 0.1) is 5.82 Å². The summed E-state index contributed by atoms with van der Waals surface area (Å²) >= 11 is 0. The molecule has 3 rings (SSSR count). The molecule has 2 heterocycles. The summed E-state index contributed by atoms with van der Waals surface area (Å²) in [5, 5.41) is 4.64. The number of rotatable bonds is 4. The number of amides is 2. The van der Waals surface area contributed by atoms with Gasteiger partial charge in [-0.15, -0.1) is 0 Å². The summed E-state index contributed by atoms with van der Waals surface area (Å²) in [6.45, 7) is 7.65. The number of hydrogen-bond acceptors (Lipinski definition) is 3. The highest BCUT2D eigenvalue weighted by Crippen LogP contribution is 2.23. The first kappa shape index (κ1) is 19.1. The number of hydrogen-bond donors (Lipinski definition) is 0. The number of carbonyl (C=O) groups is 2. The lowest BCUT2D eigenvalue weighted by Crippen LogP contribution is -2.50. The molecule has 0 spiro atoms. The third kappa shape index (κ3) is 3.72. The Morgan fingerprint density at radius 3 is 2.11 bits per heavy atom. The Labute approximate surface area is 158 Å². The second-order valence-electron chi connectivity index (χ2n) is 6.66. The minimum atomic E-state index is -0.306. The second kappa shape index (κ2) is 7.90. The Bertz CT molecular complexity index is 836. The summed E-state index contributed by atoms with van der Waals surface area (Å²) in [6.07, 6.45) is 1.27. The van der Waals surface area contributed by atoms with E-state index in [0.29, 0.717) is 44.6 Å². The van der Waals surface area contributed by atoms with Gasteiger partial charge in [-0.3, -0.25) is 9.59 Å². The van der Waals surface area contributed by atoms with Crippen molar-refractivity contribution >= 4 is 11.8 Å². The van der Waals surface area contributed by atoms with E-state index in [4.69, 9.17) is 0 Å². The van der Waals surface area contributed by atoms with Crippen LogP contribution in [0.5, 0.6) is 0 Å². The first-order valence-electron chi connectivity index (χ1n) is 9.37. The summed E-state index contributed by atoms with van der Waals surface area (Å²) in [5.41, 5.74) is 2.96. The molecule has 0 bridgehead atoms. The average Bonchev–Trinajstić information content (AvgIpc) is 3.06. The zero-order valence-corrected chi connectivity index (χ0v) is 16.0. The van der Waals surface area contributed by atoms with Gasteiger partial charge in [0.15, 0.2) is 0 Å². The van der Waals surface area contributed by atoms with E-state index in [2.05, 4.69) is 5.10 Å². The Kier molecular flexibility index (Phi) is 5.58. The third-order valence-electron chi connectivity index (χ3n) is 5.02. The van der Waals surface area contributed by atoms with E-state index in [9.17, 15) is 14.0 Å². The van der Waals surface area contributed by atoms with Gasteiger partial charge in [0.05, 0.1) is 22.6 Å². The summed E-state index contributed by atoms with van der Waals surface area (Å²) < 4.78 is 15.0. The lowest BCUT2D eigenvalue weighted by atomic mass is 10.1. The van der Waals surface area contributed by atoms with Gasteiger partial charge < -0.3 is 9.80 Å². The van der Waals surface area contributed by atoms with E-state index >= 15 is 0 Å². The molecule has 1 aromatic heterocycles. The van der Waals surface area contributed by atoms with Gasteiger partial charge in [0, 0.05) is 33.1 Å². The van der Waals surface area contributed by atoms with Crippen molar-refractivity contribution in [1.29, 1.82) is 0 Å². The number of benzene rings is 1. The molecular formula is C20H25FN4O2. The molecule has 1 aliphatic rings. The van der Waals surface area contributed by atoms with Crippen LogP contribution in [0.15, 0.2) is 24.3 Å². The number of halogens is 1. The van der Waals surface area contributed by atoms with Crippen molar-refractivity contribution in [3.8, 4) is 5.69 Å². The molecule has 0 saturated carbocycles. The Balaban J connectivity index is 1.94. The summed E-state index contributed by atoms with van der Waals surface area (Å²) in [5.74, 6) is -0.311. The normalized spacial score (nSPS) is 14.5. The van der Waals surface area contributed by atoms with Crippen molar-refractivity contribution in [1.82, 2.24) is 19.6 Å². The quantitative estimate of drug-likeness (QED) is 0.828. The SMILES string of the molecule is CCc1nn(-c2ccc(F)cc2)c(CC)c1C(=O)N1CCN(C(C)=O)CC1. The lowest BCUT2D eigenvalue weighted by Gasteiger charge is -2.34. The summed E-state index contributed by atoms with van der Waals surface area (Å²) in [6, 6.07) is 6.12. The van der Waals surface area contributed by atoms with Crippen LogP contribution in [-0.2, 0) is 17.6 Å². The van der Waals surface area contributed by atoms with Crippen LogP contribution in [-0.4, -0.2) is 57.6 Å². The molecule has 27 heavy (non-hydrogen) atoms. The average molecular weight is 372 g/mol. The monoisotopic (exact) mass is 372 g/mol. The van der Waals surface area contributed by atoms with Gasteiger partial charge in [0.1, 0.15) is 5.82 Å². The van der Waals surface area contributed by atoms with E-state index < -0.39 is 0 Å². The summed E-state index contributed by atoms with van der Waals surface area (Å²) in [4.78, 5) is 28.3. The molecule has 1 aliphatic heterocycles. The Morgan fingerprint density at radius 2 is 1.59 bits per heavy atom. The number of nitrogens with zero attached hydrogens (tertiary/aromatic N) is 4. The van der Waals surface area contributed by atoms with E-state index in [1.807, 2.05) is 13.8 Å². The molecule has 0 N–H and O–H groups in total. The fraction of sp³-hybridized carbons (Fsp3) is 0.450. The van der Waals surface area contributed by atoms with Crippen LogP contribution in [0.1, 0.15) is 42.5 Å². The van der Waals surface area contributed by atoms with E-state index in [-0.39, 0.29) is 17.6 Å². The molecule has 2 amide bonds. The van der Waals surface area contributed by atoms with Crippen LogP contribution >= 0.6 is 0 Å². The first-order valence-corrected chi connectivity index (χ1v) is 9.37. The van der Waals surface area contributed by atoms with E-state index in [0.717, 1.165) is 17.1 Å². The van der Waals surface area contributed by atoms with E-state index in [1.165, 1.54) is 12.1 Å². The maximum absolute atomic E-state index is 13.3. The largest absolute Gasteiger partial charge is 0.339 e. The zero-order chi connectivity index (χ0) is 19.6. The van der Waals surface area contributed by atoms with Crippen molar-refractivity contribution < 1.29 is 14.0 Å². The van der Waals surface area contributed by atoms with Crippen molar-refractivity contribution in [2.45, 2.75) is 33.6 Å². The molecule has 7 heteroatoms. The molecular weight excluding hydrogens is 347 g/mol. The lowest BCUT2D eigenvalue weighted by molar-refractivity contribution is -0.130. The molecule has 144 valence electrons.